The van der Waals surface area contributed by atoms with Crippen molar-refractivity contribution >= 4 is 5.82 Å². The van der Waals surface area contributed by atoms with Gasteiger partial charge in [0.2, 0.25) is 0 Å². The number of nitrogens with two attached hydrogens (primary N) is 1. The summed E-state index contributed by atoms with van der Waals surface area (Å²) in [6.07, 6.45) is 3.02. The Labute approximate surface area is 149 Å². The van der Waals surface area contributed by atoms with E-state index in [4.69, 9.17) is 5.73 Å². The standard InChI is InChI=1S/C21H28FN3/c1-12-6-7-15-8-9-16(19(15)13(12)2)10-17-11-18(21(4,22)24-5)14(3)20(23)25-17/h6-7,11,16,24H,8-10H2,1-5H3,(H2,23,25). The van der Waals surface area contributed by atoms with Gasteiger partial charge in [0.1, 0.15) is 5.82 Å². The van der Waals surface area contributed by atoms with Gasteiger partial charge in [-0.3, -0.25) is 5.32 Å². The highest BCUT2D eigenvalue weighted by molar-refractivity contribution is 5.49. The molecule has 2 unspecified atom stereocenters. The van der Waals surface area contributed by atoms with Crippen LogP contribution in [0.3, 0.4) is 0 Å². The van der Waals surface area contributed by atoms with Crippen molar-refractivity contribution in [2.45, 2.75) is 58.7 Å². The van der Waals surface area contributed by atoms with Gasteiger partial charge in [0.25, 0.3) is 0 Å². The highest BCUT2D eigenvalue weighted by atomic mass is 19.1. The number of rotatable bonds is 4. The van der Waals surface area contributed by atoms with Crippen molar-refractivity contribution in [3.05, 3.63) is 57.3 Å². The molecule has 25 heavy (non-hydrogen) atoms. The number of nitrogens with zero attached hydrogens (tertiary/aromatic N) is 1. The lowest BCUT2D eigenvalue weighted by atomic mass is 9.89. The summed E-state index contributed by atoms with van der Waals surface area (Å²) in [5.41, 5.74) is 13.9. The third-order valence-electron chi connectivity index (χ3n) is 5.84. The van der Waals surface area contributed by atoms with Crippen LogP contribution < -0.4 is 11.1 Å². The van der Waals surface area contributed by atoms with Crippen LogP contribution in [-0.2, 0) is 18.6 Å². The van der Waals surface area contributed by atoms with Crippen molar-refractivity contribution in [3.8, 4) is 0 Å². The minimum absolute atomic E-state index is 0.422. The van der Waals surface area contributed by atoms with Gasteiger partial charge in [0, 0.05) is 11.3 Å². The average Bonchev–Trinajstić information content (AvgIpc) is 2.97. The Bertz CT molecular complexity index is 811. The average molecular weight is 341 g/mol. The van der Waals surface area contributed by atoms with Crippen molar-refractivity contribution in [2.24, 2.45) is 0 Å². The van der Waals surface area contributed by atoms with Crippen LogP contribution in [0.5, 0.6) is 0 Å². The van der Waals surface area contributed by atoms with Crippen LogP contribution in [0, 0.1) is 20.8 Å². The third kappa shape index (κ3) is 3.15. The molecule has 3 rings (SSSR count). The Morgan fingerprint density at radius 2 is 2.00 bits per heavy atom. The third-order valence-corrected chi connectivity index (χ3v) is 5.84. The molecule has 1 aliphatic carbocycles. The van der Waals surface area contributed by atoms with Gasteiger partial charge in [-0.15, -0.1) is 0 Å². The molecule has 0 amide bonds. The van der Waals surface area contributed by atoms with Gasteiger partial charge in [0.15, 0.2) is 5.79 Å². The second-order valence-corrected chi connectivity index (χ2v) is 7.44. The van der Waals surface area contributed by atoms with Gasteiger partial charge in [-0.2, -0.15) is 0 Å². The van der Waals surface area contributed by atoms with E-state index in [0.29, 0.717) is 22.9 Å². The maximum Gasteiger partial charge on any atom is 0.184 e. The number of nitrogen functional groups attached to an aromatic ring is 1. The second kappa shape index (κ2) is 6.41. The monoisotopic (exact) mass is 341 g/mol. The molecule has 2 aromatic rings. The summed E-state index contributed by atoms with van der Waals surface area (Å²) in [5, 5.41) is 2.73. The van der Waals surface area contributed by atoms with E-state index in [1.165, 1.54) is 29.2 Å². The molecule has 0 spiro atoms. The molecule has 0 bridgehead atoms. The van der Waals surface area contributed by atoms with Crippen LogP contribution in [0.25, 0.3) is 0 Å². The SMILES string of the molecule is CNC(C)(F)c1cc(CC2CCc3ccc(C)c(C)c32)nc(N)c1C. The molecule has 0 radical (unpaired) electrons. The fraction of sp³-hybridized carbons (Fsp3) is 0.476. The van der Waals surface area contributed by atoms with E-state index in [2.05, 4.69) is 36.3 Å². The molecule has 134 valence electrons. The largest absolute Gasteiger partial charge is 0.383 e. The second-order valence-electron chi connectivity index (χ2n) is 7.44. The molecular formula is C21H28FN3. The van der Waals surface area contributed by atoms with E-state index in [1.807, 2.05) is 13.0 Å². The molecule has 0 aliphatic heterocycles. The Hall–Kier alpha value is -1.94. The fourth-order valence-corrected chi connectivity index (χ4v) is 4.02. The Balaban J connectivity index is 1.98. The van der Waals surface area contributed by atoms with E-state index in [9.17, 15) is 4.39 Å². The van der Waals surface area contributed by atoms with Crippen molar-refractivity contribution in [3.63, 3.8) is 0 Å². The van der Waals surface area contributed by atoms with Gasteiger partial charge in [0.05, 0.1) is 0 Å². The van der Waals surface area contributed by atoms with Crippen molar-refractivity contribution in [2.75, 3.05) is 12.8 Å². The zero-order valence-electron chi connectivity index (χ0n) is 15.8. The number of aromatic nitrogens is 1. The zero-order chi connectivity index (χ0) is 18.4. The molecule has 3 nitrogen and oxygen atoms in total. The molecule has 4 heteroatoms. The first kappa shape index (κ1) is 17.9. The van der Waals surface area contributed by atoms with E-state index in [0.717, 1.165) is 25.0 Å². The minimum atomic E-state index is -1.62. The molecule has 1 heterocycles. The minimum Gasteiger partial charge on any atom is -0.383 e. The number of fused-ring (bicyclic) bond motifs is 1. The summed E-state index contributed by atoms with van der Waals surface area (Å²) in [5.74, 6) is -0.765. The molecule has 1 aliphatic rings. The maximum absolute atomic E-state index is 14.8. The summed E-state index contributed by atoms with van der Waals surface area (Å²) in [6, 6.07) is 6.34. The number of benzene rings is 1. The van der Waals surface area contributed by atoms with Crippen LogP contribution in [0.1, 0.15) is 58.3 Å². The Morgan fingerprint density at radius 3 is 2.68 bits per heavy atom. The lowest BCUT2D eigenvalue weighted by molar-refractivity contribution is 0.151. The zero-order valence-corrected chi connectivity index (χ0v) is 15.8. The molecule has 2 atom stereocenters. The molecule has 1 aromatic carbocycles. The highest BCUT2D eigenvalue weighted by Gasteiger charge is 2.29. The van der Waals surface area contributed by atoms with Crippen LogP contribution in [0.2, 0.25) is 0 Å². The summed E-state index contributed by atoms with van der Waals surface area (Å²) in [4.78, 5) is 4.55. The van der Waals surface area contributed by atoms with Gasteiger partial charge in [-0.25, -0.2) is 9.37 Å². The van der Waals surface area contributed by atoms with E-state index in [1.54, 1.807) is 7.05 Å². The van der Waals surface area contributed by atoms with Crippen molar-refractivity contribution in [1.29, 1.82) is 0 Å². The van der Waals surface area contributed by atoms with E-state index in [-0.39, 0.29) is 0 Å². The van der Waals surface area contributed by atoms with Gasteiger partial charge in [-0.05, 0) is 93.8 Å². The maximum atomic E-state index is 14.8. The van der Waals surface area contributed by atoms with Gasteiger partial charge < -0.3 is 5.73 Å². The van der Waals surface area contributed by atoms with Crippen molar-refractivity contribution < 1.29 is 4.39 Å². The van der Waals surface area contributed by atoms with Gasteiger partial charge in [-0.1, -0.05) is 12.1 Å². The first-order valence-corrected chi connectivity index (χ1v) is 8.98. The number of pyridine rings is 1. The number of alkyl halides is 1. The number of halogens is 1. The van der Waals surface area contributed by atoms with Crippen LogP contribution >= 0.6 is 0 Å². The Morgan fingerprint density at radius 1 is 1.28 bits per heavy atom. The summed E-state index contributed by atoms with van der Waals surface area (Å²) < 4.78 is 14.8. The highest BCUT2D eigenvalue weighted by Crippen LogP contribution is 2.39. The smallest absolute Gasteiger partial charge is 0.184 e. The molecule has 0 saturated heterocycles. The predicted molar refractivity (Wildman–Crippen MR) is 102 cm³/mol. The van der Waals surface area contributed by atoms with Crippen LogP contribution in [0.4, 0.5) is 10.2 Å². The van der Waals surface area contributed by atoms with Gasteiger partial charge >= 0.3 is 0 Å². The molecule has 1 aromatic heterocycles. The van der Waals surface area contributed by atoms with Crippen LogP contribution in [0.15, 0.2) is 18.2 Å². The number of hydrogen-bond donors (Lipinski definition) is 2. The molecular weight excluding hydrogens is 313 g/mol. The van der Waals surface area contributed by atoms with E-state index < -0.39 is 5.79 Å². The van der Waals surface area contributed by atoms with Crippen LogP contribution in [-0.4, -0.2) is 12.0 Å². The predicted octanol–water partition coefficient (Wildman–Crippen LogP) is 4.22. The first-order valence-electron chi connectivity index (χ1n) is 8.98. The number of anilines is 1. The number of nitrogens with one attached hydrogen (secondary N) is 1. The molecule has 0 saturated carbocycles. The first-order chi connectivity index (χ1) is 11.7. The fourth-order valence-electron chi connectivity index (χ4n) is 4.02. The lowest BCUT2D eigenvalue weighted by Gasteiger charge is -2.24. The normalized spacial score (nSPS) is 18.9. The van der Waals surface area contributed by atoms with Crippen molar-refractivity contribution in [1.82, 2.24) is 10.3 Å². The summed E-state index contributed by atoms with van der Waals surface area (Å²) >= 11 is 0. The Kier molecular flexibility index (Phi) is 4.58. The molecule has 3 N–H and O–H groups in total. The summed E-state index contributed by atoms with van der Waals surface area (Å²) in [6.45, 7) is 7.72. The molecule has 0 fully saturated rings. The van der Waals surface area contributed by atoms with E-state index >= 15 is 0 Å². The number of aryl methyl sites for hydroxylation is 2. The number of hydrogen-bond acceptors (Lipinski definition) is 3. The summed E-state index contributed by atoms with van der Waals surface area (Å²) in [7, 11) is 1.62. The lowest BCUT2D eigenvalue weighted by Crippen LogP contribution is -2.33. The quantitative estimate of drug-likeness (QED) is 0.819. The topological polar surface area (TPSA) is 50.9 Å².